The molecule has 4 nitrogen and oxygen atoms in total. The van der Waals surface area contributed by atoms with Crippen molar-refractivity contribution < 1.29 is 9.53 Å². The summed E-state index contributed by atoms with van der Waals surface area (Å²) in [6.07, 6.45) is 2.33. The highest BCUT2D eigenvalue weighted by Crippen LogP contribution is 2.34. The highest BCUT2D eigenvalue weighted by molar-refractivity contribution is 9.11. The molecule has 2 rings (SSSR count). The maximum Gasteiger partial charge on any atom is 0.150 e. The van der Waals surface area contributed by atoms with Crippen LogP contribution >= 0.6 is 31.9 Å². The largest absolute Gasteiger partial charge is 0.487 e. The lowest BCUT2D eigenvalue weighted by Gasteiger charge is -2.11. The van der Waals surface area contributed by atoms with Crippen LogP contribution in [0.2, 0.25) is 0 Å². The van der Waals surface area contributed by atoms with Crippen molar-refractivity contribution in [1.29, 1.82) is 5.26 Å². The number of aromatic nitrogens is 1. The second-order valence-electron chi connectivity index (χ2n) is 3.88. The lowest BCUT2D eigenvalue weighted by Crippen LogP contribution is -1.98. The standard InChI is InChI=1S/C14H8Br2N2O2/c15-12-4-10(7-19)5-13(16)14(12)20-8-9-1-2-18-11(3-9)6-17/h1-5,7H,8H2. The number of carbonyl (C=O) groups excluding carboxylic acids is 1. The summed E-state index contributed by atoms with van der Waals surface area (Å²) in [6, 6.07) is 8.79. The minimum absolute atomic E-state index is 0.300. The molecule has 20 heavy (non-hydrogen) atoms. The molecule has 0 unspecified atom stereocenters. The number of benzene rings is 1. The van der Waals surface area contributed by atoms with E-state index < -0.39 is 0 Å². The molecule has 0 saturated carbocycles. The summed E-state index contributed by atoms with van der Waals surface area (Å²) in [5.41, 5.74) is 1.74. The highest BCUT2D eigenvalue weighted by atomic mass is 79.9. The van der Waals surface area contributed by atoms with Gasteiger partial charge in [-0.05, 0) is 61.7 Å². The van der Waals surface area contributed by atoms with Gasteiger partial charge in [0.2, 0.25) is 0 Å². The number of carbonyl (C=O) groups is 1. The van der Waals surface area contributed by atoms with E-state index >= 15 is 0 Å². The molecule has 0 atom stereocenters. The van der Waals surface area contributed by atoms with Gasteiger partial charge in [0.25, 0.3) is 0 Å². The van der Waals surface area contributed by atoms with Gasteiger partial charge in [-0.2, -0.15) is 5.26 Å². The summed E-state index contributed by atoms with van der Waals surface area (Å²) < 4.78 is 7.07. The Morgan fingerprint density at radius 2 is 2.00 bits per heavy atom. The number of nitriles is 1. The number of halogens is 2. The van der Waals surface area contributed by atoms with Gasteiger partial charge < -0.3 is 4.74 Å². The number of aldehydes is 1. The first-order chi connectivity index (χ1) is 9.63. The van der Waals surface area contributed by atoms with E-state index in [4.69, 9.17) is 10.00 Å². The third kappa shape index (κ3) is 3.44. The summed E-state index contributed by atoms with van der Waals surface area (Å²) in [7, 11) is 0. The van der Waals surface area contributed by atoms with Gasteiger partial charge in [0.05, 0.1) is 8.95 Å². The Bertz CT molecular complexity index is 673. The fourth-order valence-corrected chi connectivity index (χ4v) is 3.02. The zero-order valence-corrected chi connectivity index (χ0v) is 13.3. The predicted molar refractivity (Wildman–Crippen MR) is 80.5 cm³/mol. The van der Waals surface area contributed by atoms with Crippen molar-refractivity contribution >= 4 is 38.1 Å². The minimum atomic E-state index is 0.300. The molecular formula is C14H8Br2N2O2. The van der Waals surface area contributed by atoms with Crippen LogP contribution in [0.4, 0.5) is 0 Å². The Labute approximate surface area is 132 Å². The Balaban J connectivity index is 2.19. The molecule has 0 fully saturated rings. The van der Waals surface area contributed by atoms with Crippen molar-refractivity contribution in [3.63, 3.8) is 0 Å². The number of hydrogen-bond donors (Lipinski definition) is 0. The van der Waals surface area contributed by atoms with Crippen LogP contribution in [0.15, 0.2) is 39.4 Å². The second-order valence-corrected chi connectivity index (χ2v) is 5.59. The number of rotatable bonds is 4. The summed E-state index contributed by atoms with van der Waals surface area (Å²) in [6.45, 7) is 0.300. The van der Waals surface area contributed by atoms with Gasteiger partial charge in [-0.15, -0.1) is 0 Å². The van der Waals surface area contributed by atoms with Gasteiger partial charge in [-0.25, -0.2) is 4.98 Å². The number of pyridine rings is 1. The molecule has 0 spiro atoms. The molecule has 0 bridgehead atoms. The summed E-state index contributed by atoms with van der Waals surface area (Å²) in [5.74, 6) is 0.603. The molecule has 0 aliphatic heterocycles. The molecule has 1 aromatic heterocycles. The first kappa shape index (κ1) is 14.7. The van der Waals surface area contributed by atoms with Crippen LogP contribution in [-0.4, -0.2) is 11.3 Å². The van der Waals surface area contributed by atoms with E-state index in [0.29, 0.717) is 32.6 Å². The van der Waals surface area contributed by atoms with Crippen LogP contribution in [0.25, 0.3) is 0 Å². The molecule has 0 radical (unpaired) electrons. The zero-order valence-electron chi connectivity index (χ0n) is 10.1. The SMILES string of the molecule is N#Cc1cc(COc2c(Br)cc(C=O)cc2Br)ccn1. The average Bonchev–Trinajstić information content (AvgIpc) is 2.46. The van der Waals surface area contributed by atoms with Gasteiger partial charge in [-0.3, -0.25) is 4.79 Å². The van der Waals surface area contributed by atoms with Gasteiger partial charge in [0, 0.05) is 11.8 Å². The summed E-state index contributed by atoms with van der Waals surface area (Å²) in [5, 5.41) is 8.79. The van der Waals surface area contributed by atoms with Crippen LogP contribution < -0.4 is 4.74 Å². The van der Waals surface area contributed by atoms with Crippen molar-refractivity contribution in [1.82, 2.24) is 4.98 Å². The molecule has 0 N–H and O–H groups in total. The fourth-order valence-electron chi connectivity index (χ4n) is 1.57. The highest BCUT2D eigenvalue weighted by Gasteiger charge is 2.09. The van der Waals surface area contributed by atoms with E-state index in [2.05, 4.69) is 36.8 Å². The number of ether oxygens (including phenoxy) is 1. The molecule has 0 aliphatic carbocycles. The van der Waals surface area contributed by atoms with Gasteiger partial charge >= 0.3 is 0 Å². The van der Waals surface area contributed by atoms with E-state index in [1.807, 2.05) is 6.07 Å². The molecule has 1 heterocycles. The Kier molecular flexibility index (Phi) is 4.88. The van der Waals surface area contributed by atoms with E-state index in [9.17, 15) is 4.79 Å². The van der Waals surface area contributed by atoms with Crippen LogP contribution in [0.5, 0.6) is 5.75 Å². The van der Waals surface area contributed by atoms with E-state index in [0.717, 1.165) is 11.8 Å². The Hall–Kier alpha value is -1.71. The molecule has 0 aliphatic rings. The minimum Gasteiger partial charge on any atom is -0.487 e. The fraction of sp³-hybridized carbons (Fsp3) is 0.0714. The smallest absolute Gasteiger partial charge is 0.150 e. The maximum absolute atomic E-state index is 10.8. The van der Waals surface area contributed by atoms with Crippen LogP contribution in [-0.2, 0) is 6.61 Å². The third-order valence-electron chi connectivity index (χ3n) is 2.48. The van der Waals surface area contributed by atoms with Crippen molar-refractivity contribution in [3.05, 3.63) is 56.2 Å². The summed E-state index contributed by atoms with van der Waals surface area (Å²) in [4.78, 5) is 14.6. The molecule has 6 heteroatoms. The Morgan fingerprint density at radius 3 is 2.60 bits per heavy atom. The van der Waals surface area contributed by atoms with Gasteiger partial charge in [0.15, 0.2) is 0 Å². The maximum atomic E-state index is 10.8. The normalized spacial score (nSPS) is 9.85. The monoisotopic (exact) mass is 394 g/mol. The lowest BCUT2D eigenvalue weighted by molar-refractivity contribution is 0.112. The molecule has 2 aromatic rings. The van der Waals surface area contributed by atoms with Crippen LogP contribution in [0.3, 0.4) is 0 Å². The van der Waals surface area contributed by atoms with E-state index in [1.165, 1.54) is 0 Å². The molecular weight excluding hydrogens is 388 g/mol. The van der Waals surface area contributed by atoms with Crippen molar-refractivity contribution in [2.75, 3.05) is 0 Å². The Morgan fingerprint density at radius 1 is 1.30 bits per heavy atom. The topological polar surface area (TPSA) is 63.0 Å². The third-order valence-corrected chi connectivity index (χ3v) is 3.66. The van der Waals surface area contributed by atoms with Crippen molar-refractivity contribution in [2.24, 2.45) is 0 Å². The van der Waals surface area contributed by atoms with Gasteiger partial charge in [0.1, 0.15) is 30.4 Å². The quantitative estimate of drug-likeness (QED) is 0.737. The van der Waals surface area contributed by atoms with E-state index in [1.54, 1.807) is 30.5 Å². The zero-order chi connectivity index (χ0) is 14.5. The molecule has 1 aromatic carbocycles. The molecule has 0 saturated heterocycles. The average molecular weight is 396 g/mol. The summed E-state index contributed by atoms with van der Waals surface area (Å²) >= 11 is 6.72. The van der Waals surface area contributed by atoms with E-state index in [-0.39, 0.29) is 0 Å². The van der Waals surface area contributed by atoms with Crippen LogP contribution in [0, 0.1) is 11.3 Å². The van der Waals surface area contributed by atoms with Crippen molar-refractivity contribution in [3.8, 4) is 11.8 Å². The van der Waals surface area contributed by atoms with Gasteiger partial charge in [-0.1, -0.05) is 0 Å². The number of nitrogens with zero attached hydrogens (tertiary/aromatic N) is 2. The number of hydrogen-bond acceptors (Lipinski definition) is 4. The molecule has 100 valence electrons. The second kappa shape index (κ2) is 6.64. The molecule has 0 amide bonds. The predicted octanol–water partition coefficient (Wildman–Crippen LogP) is 3.87. The van der Waals surface area contributed by atoms with Crippen molar-refractivity contribution in [2.45, 2.75) is 6.61 Å². The lowest BCUT2D eigenvalue weighted by atomic mass is 10.2. The first-order valence-electron chi connectivity index (χ1n) is 5.56. The first-order valence-corrected chi connectivity index (χ1v) is 7.14. The van der Waals surface area contributed by atoms with Crippen LogP contribution in [0.1, 0.15) is 21.6 Å².